The Bertz CT molecular complexity index is 437. The van der Waals surface area contributed by atoms with Gasteiger partial charge in [0.2, 0.25) is 0 Å². The fourth-order valence-corrected chi connectivity index (χ4v) is 3.66. The van der Waals surface area contributed by atoms with Crippen molar-refractivity contribution in [3.05, 3.63) is 28.8 Å². The Morgan fingerprint density at radius 2 is 1.94 bits per heavy atom. The van der Waals surface area contributed by atoms with Crippen LogP contribution in [0.5, 0.6) is 0 Å². The molecule has 0 spiro atoms. The Labute approximate surface area is 113 Å². The number of fused-ring (bicyclic) bond motifs is 2. The molecule has 3 nitrogen and oxygen atoms in total. The molecule has 1 aromatic rings. The summed E-state index contributed by atoms with van der Waals surface area (Å²) in [6, 6.07) is 6.83. The Kier molecular flexibility index (Phi) is 3.22. The smallest absolute Gasteiger partial charge is 0.0579 e. The van der Waals surface area contributed by atoms with Crippen LogP contribution in [0.4, 0.5) is 5.69 Å². The molecular weight excluding hydrogens is 248 g/mol. The molecular formula is C14H19ClN2O. The number of nitrogens with two attached hydrogens (primary N) is 1. The number of benzene rings is 1. The normalized spacial score (nSPS) is 30.8. The molecule has 0 aromatic heterocycles. The highest BCUT2D eigenvalue weighted by Crippen LogP contribution is 2.41. The topological polar surface area (TPSA) is 49.5 Å². The number of hydrogen-bond acceptors (Lipinski definition) is 3. The third-order valence-electron chi connectivity index (χ3n) is 4.25. The van der Waals surface area contributed by atoms with Gasteiger partial charge in [-0.25, -0.2) is 0 Å². The maximum Gasteiger partial charge on any atom is 0.0579 e. The van der Waals surface area contributed by atoms with E-state index in [-0.39, 0.29) is 6.10 Å². The van der Waals surface area contributed by atoms with Crippen LogP contribution in [0.3, 0.4) is 0 Å². The lowest BCUT2D eigenvalue weighted by Crippen LogP contribution is -2.45. The third kappa shape index (κ3) is 2.00. The minimum absolute atomic E-state index is 0.140. The van der Waals surface area contributed by atoms with Crippen LogP contribution in [0.15, 0.2) is 18.2 Å². The van der Waals surface area contributed by atoms with Gasteiger partial charge in [-0.15, -0.1) is 0 Å². The van der Waals surface area contributed by atoms with E-state index < -0.39 is 0 Å². The van der Waals surface area contributed by atoms with Crippen molar-refractivity contribution in [1.82, 2.24) is 0 Å². The summed E-state index contributed by atoms with van der Waals surface area (Å²) < 4.78 is 0. The standard InChI is InChI=1S/C14H19ClN2O/c15-10-2-1-9(8-16)14(5-10)17-11-3-4-12(17)7-13(18)6-11/h1-2,5,11-13,18H,3-4,6-8,16H2. The van der Waals surface area contributed by atoms with Crippen LogP contribution < -0.4 is 10.6 Å². The number of hydrogen-bond donors (Lipinski definition) is 2. The van der Waals surface area contributed by atoms with E-state index in [0.717, 1.165) is 36.3 Å². The SMILES string of the molecule is NCc1ccc(Cl)cc1N1C2CCC1CC(O)C2. The van der Waals surface area contributed by atoms with Crippen LogP contribution in [-0.2, 0) is 6.54 Å². The van der Waals surface area contributed by atoms with E-state index in [0.29, 0.717) is 18.6 Å². The lowest BCUT2D eigenvalue weighted by molar-refractivity contribution is 0.126. The summed E-state index contributed by atoms with van der Waals surface area (Å²) >= 11 is 6.12. The van der Waals surface area contributed by atoms with E-state index >= 15 is 0 Å². The second-order valence-corrected chi connectivity index (χ2v) is 5.83. The van der Waals surface area contributed by atoms with Crippen LogP contribution in [0, 0.1) is 0 Å². The van der Waals surface area contributed by atoms with Crippen LogP contribution >= 0.6 is 11.6 Å². The fourth-order valence-electron chi connectivity index (χ4n) is 3.49. The Hall–Kier alpha value is -0.770. The molecule has 0 aliphatic carbocycles. The first-order chi connectivity index (χ1) is 8.69. The Balaban J connectivity index is 1.98. The lowest BCUT2D eigenvalue weighted by Gasteiger charge is -2.40. The summed E-state index contributed by atoms with van der Waals surface area (Å²) in [6.07, 6.45) is 3.93. The van der Waals surface area contributed by atoms with Crippen molar-refractivity contribution < 1.29 is 5.11 Å². The molecule has 2 aliphatic rings. The third-order valence-corrected chi connectivity index (χ3v) is 4.49. The van der Waals surface area contributed by atoms with Gasteiger partial charge in [-0.3, -0.25) is 0 Å². The van der Waals surface area contributed by atoms with Crippen molar-refractivity contribution in [2.24, 2.45) is 5.73 Å². The highest BCUT2D eigenvalue weighted by atomic mass is 35.5. The van der Waals surface area contributed by atoms with E-state index in [4.69, 9.17) is 17.3 Å². The van der Waals surface area contributed by atoms with Crippen LogP contribution in [0.1, 0.15) is 31.2 Å². The highest BCUT2D eigenvalue weighted by Gasteiger charge is 2.40. The van der Waals surface area contributed by atoms with Gasteiger partial charge in [0, 0.05) is 29.3 Å². The van der Waals surface area contributed by atoms with Gasteiger partial charge in [0.1, 0.15) is 0 Å². The minimum atomic E-state index is -0.140. The molecule has 4 heteroatoms. The van der Waals surface area contributed by atoms with Gasteiger partial charge in [-0.05, 0) is 43.4 Å². The molecule has 18 heavy (non-hydrogen) atoms. The zero-order chi connectivity index (χ0) is 12.7. The lowest BCUT2D eigenvalue weighted by atomic mass is 9.98. The number of nitrogens with zero attached hydrogens (tertiary/aromatic N) is 1. The first kappa shape index (κ1) is 12.3. The summed E-state index contributed by atoms with van der Waals surface area (Å²) in [7, 11) is 0. The van der Waals surface area contributed by atoms with Crippen LogP contribution in [-0.4, -0.2) is 23.3 Å². The molecule has 2 fully saturated rings. The average molecular weight is 267 g/mol. The average Bonchev–Trinajstić information content (AvgIpc) is 2.61. The maximum absolute atomic E-state index is 9.86. The van der Waals surface area contributed by atoms with Gasteiger partial charge >= 0.3 is 0 Å². The van der Waals surface area contributed by atoms with Crippen molar-refractivity contribution in [3.8, 4) is 0 Å². The molecule has 2 saturated heterocycles. The molecule has 3 N–H and O–H groups in total. The Morgan fingerprint density at radius 1 is 1.28 bits per heavy atom. The van der Waals surface area contributed by atoms with Gasteiger partial charge in [0.25, 0.3) is 0 Å². The molecule has 98 valence electrons. The maximum atomic E-state index is 9.86. The number of anilines is 1. The van der Waals surface area contributed by atoms with Crippen molar-refractivity contribution in [2.75, 3.05) is 4.90 Å². The summed E-state index contributed by atoms with van der Waals surface area (Å²) in [5.74, 6) is 0. The van der Waals surface area contributed by atoms with Crippen molar-refractivity contribution >= 4 is 17.3 Å². The van der Waals surface area contributed by atoms with Gasteiger partial charge < -0.3 is 15.7 Å². The van der Waals surface area contributed by atoms with Crippen LogP contribution in [0.25, 0.3) is 0 Å². The van der Waals surface area contributed by atoms with Crippen molar-refractivity contribution in [3.63, 3.8) is 0 Å². The molecule has 2 atom stereocenters. The van der Waals surface area contributed by atoms with Gasteiger partial charge in [-0.2, -0.15) is 0 Å². The molecule has 1 aromatic carbocycles. The Morgan fingerprint density at radius 3 is 2.56 bits per heavy atom. The number of aliphatic hydroxyl groups is 1. The number of halogens is 1. The van der Waals surface area contributed by atoms with E-state index in [1.807, 2.05) is 18.2 Å². The van der Waals surface area contributed by atoms with Crippen molar-refractivity contribution in [1.29, 1.82) is 0 Å². The molecule has 2 unspecified atom stereocenters. The van der Waals surface area contributed by atoms with Gasteiger partial charge in [0.05, 0.1) is 6.10 Å². The quantitative estimate of drug-likeness (QED) is 0.864. The number of rotatable bonds is 2. The monoisotopic (exact) mass is 266 g/mol. The summed E-state index contributed by atoms with van der Waals surface area (Å²) in [5, 5.41) is 10.6. The van der Waals surface area contributed by atoms with Crippen molar-refractivity contribution in [2.45, 2.75) is 50.4 Å². The van der Waals surface area contributed by atoms with E-state index in [1.54, 1.807) is 0 Å². The second-order valence-electron chi connectivity index (χ2n) is 5.39. The molecule has 0 saturated carbocycles. The van der Waals surface area contributed by atoms with Gasteiger partial charge in [-0.1, -0.05) is 17.7 Å². The molecule has 3 rings (SSSR count). The molecule has 2 aliphatic heterocycles. The molecule has 2 bridgehead atoms. The predicted octanol–water partition coefficient (Wildman–Crippen LogP) is 2.29. The van der Waals surface area contributed by atoms with E-state index in [1.165, 1.54) is 5.69 Å². The summed E-state index contributed by atoms with van der Waals surface area (Å²) in [5.41, 5.74) is 8.14. The van der Waals surface area contributed by atoms with E-state index in [9.17, 15) is 5.11 Å². The number of piperidine rings is 1. The zero-order valence-corrected chi connectivity index (χ0v) is 11.1. The molecule has 2 heterocycles. The minimum Gasteiger partial charge on any atom is -0.393 e. The van der Waals surface area contributed by atoms with Crippen LogP contribution in [0.2, 0.25) is 5.02 Å². The molecule has 0 radical (unpaired) electrons. The fraction of sp³-hybridized carbons (Fsp3) is 0.571. The first-order valence-corrected chi connectivity index (χ1v) is 7.01. The summed E-state index contributed by atoms with van der Waals surface area (Å²) in [4.78, 5) is 2.45. The summed E-state index contributed by atoms with van der Waals surface area (Å²) in [6.45, 7) is 0.533. The first-order valence-electron chi connectivity index (χ1n) is 6.64. The predicted molar refractivity (Wildman–Crippen MR) is 73.9 cm³/mol. The highest BCUT2D eigenvalue weighted by molar-refractivity contribution is 6.30. The zero-order valence-electron chi connectivity index (χ0n) is 10.3. The largest absolute Gasteiger partial charge is 0.393 e. The van der Waals surface area contributed by atoms with E-state index in [2.05, 4.69) is 4.90 Å². The molecule has 0 amide bonds. The number of aliphatic hydroxyl groups excluding tert-OH is 1. The van der Waals surface area contributed by atoms with Gasteiger partial charge in [0.15, 0.2) is 0 Å². The second kappa shape index (κ2) is 4.72.